The van der Waals surface area contributed by atoms with Crippen LogP contribution >= 0.6 is 11.3 Å². The highest BCUT2D eigenvalue weighted by atomic mass is 32.1. The fourth-order valence-electron chi connectivity index (χ4n) is 4.06. The molecule has 0 aliphatic carbocycles. The van der Waals surface area contributed by atoms with E-state index in [-0.39, 0.29) is 12.2 Å². The molecule has 1 atom stereocenters. The van der Waals surface area contributed by atoms with Crippen molar-refractivity contribution in [3.05, 3.63) is 84.5 Å². The van der Waals surface area contributed by atoms with Crippen molar-refractivity contribution in [1.29, 1.82) is 0 Å². The van der Waals surface area contributed by atoms with Gasteiger partial charge in [0.15, 0.2) is 4.80 Å². The van der Waals surface area contributed by atoms with E-state index in [1.165, 1.54) is 15.9 Å². The normalized spacial score (nSPS) is 15.3. The Morgan fingerprint density at radius 1 is 1.09 bits per heavy atom. The van der Waals surface area contributed by atoms with E-state index in [2.05, 4.69) is 4.99 Å². The molecule has 1 aliphatic rings. The third kappa shape index (κ3) is 4.46. The van der Waals surface area contributed by atoms with Crippen LogP contribution in [0.4, 0.5) is 0 Å². The average Bonchev–Trinajstić information content (AvgIpc) is 3.17. The second-order valence-electron chi connectivity index (χ2n) is 7.65. The summed E-state index contributed by atoms with van der Waals surface area (Å²) in [5, 5.41) is 0. The third-order valence-electron chi connectivity index (χ3n) is 5.68. The first-order valence-electron chi connectivity index (χ1n) is 11.0. The number of carbonyl (C=O) groups is 1. The Kier molecular flexibility index (Phi) is 7.07. The first-order chi connectivity index (χ1) is 16.9. The minimum Gasteiger partial charge on any atom is -0.497 e. The van der Waals surface area contributed by atoms with E-state index in [4.69, 9.17) is 18.9 Å². The number of hydrogen-bond acceptors (Lipinski definition) is 8. The smallest absolute Gasteiger partial charge is 0.338 e. The number of nitrogens with zero attached hydrogens (tertiary/aromatic N) is 2. The molecule has 0 amide bonds. The third-order valence-corrected chi connectivity index (χ3v) is 6.66. The molecule has 1 aromatic heterocycles. The van der Waals surface area contributed by atoms with E-state index in [1.54, 1.807) is 59.5 Å². The van der Waals surface area contributed by atoms with Crippen LogP contribution in [0, 0.1) is 0 Å². The summed E-state index contributed by atoms with van der Waals surface area (Å²) in [5.41, 5.74) is 1.90. The summed E-state index contributed by atoms with van der Waals surface area (Å²) in [5.74, 6) is 1.25. The molecule has 0 saturated heterocycles. The van der Waals surface area contributed by atoms with Gasteiger partial charge in [0.2, 0.25) is 0 Å². The Morgan fingerprint density at radius 2 is 1.83 bits per heavy atom. The number of rotatable bonds is 7. The van der Waals surface area contributed by atoms with E-state index in [0.717, 1.165) is 0 Å². The molecule has 0 radical (unpaired) electrons. The lowest BCUT2D eigenvalue weighted by atomic mass is 9.95. The molecule has 3 aromatic rings. The zero-order valence-electron chi connectivity index (χ0n) is 20.2. The number of hydrogen-bond donors (Lipinski definition) is 0. The quantitative estimate of drug-likeness (QED) is 0.470. The number of esters is 1. The second kappa shape index (κ2) is 10.2. The summed E-state index contributed by atoms with van der Waals surface area (Å²) in [6.45, 7) is 3.69. The Bertz CT molecular complexity index is 1480. The largest absolute Gasteiger partial charge is 0.497 e. The molecule has 0 spiro atoms. The molecule has 35 heavy (non-hydrogen) atoms. The summed E-state index contributed by atoms with van der Waals surface area (Å²) in [4.78, 5) is 31.9. The highest BCUT2D eigenvalue weighted by Crippen LogP contribution is 2.35. The molecule has 4 rings (SSSR count). The lowest BCUT2D eigenvalue weighted by Gasteiger charge is -2.25. The van der Waals surface area contributed by atoms with Crippen molar-refractivity contribution in [2.75, 3.05) is 27.9 Å². The molecular formula is C26H26N2O6S. The molecule has 0 N–H and O–H groups in total. The zero-order valence-corrected chi connectivity index (χ0v) is 21.0. The molecule has 8 nitrogen and oxygen atoms in total. The minimum atomic E-state index is -0.749. The van der Waals surface area contributed by atoms with Crippen LogP contribution < -0.4 is 29.1 Å². The van der Waals surface area contributed by atoms with Gasteiger partial charge in [-0.05, 0) is 38.1 Å². The van der Waals surface area contributed by atoms with Crippen LogP contribution in [0.5, 0.6) is 17.2 Å². The highest BCUT2D eigenvalue weighted by Gasteiger charge is 2.34. The van der Waals surface area contributed by atoms with Gasteiger partial charge in [0.05, 0.1) is 43.7 Å². The monoisotopic (exact) mass is 494 g/mol. The number of benzene rings is 2. The van der Waals surface area contributed by atoms with Gasteiger partial charge in [-0.3, -0.25) is 9.36 Å². The van der Waals surface area contributed by atoms with Crippen molar-refractivity contribution in [1.82, 2.24) is 4.57 Å². The van der Waals surface area contributed by atoms with Crippen LogP contribution in [0.2, 0.25) is 0 Å². The molecule has 1 aliphatic heterocycles. The number of methoxy groups -OCH3 is 3. The van der Waals surface area contributed by atoms with Gasteiger partial charge in [0.25, 0.3) is 5.56 Å². The van der Waals surface area contributed by atoms with Crippen LogP contribution in [-0.2, 0) is 9.53 Å². The maximum Gasteiger partial charge on any atom is 0.338 e. The number of allylic oxidation sites excluding steroid dienone is 1. The summed E-state index contributed by atoms with van der Waals surface area (Å²) in [7, 11) is 4.69. The van der Waals surface area contributed by atoms with Gasteiger partial charge in [-0.25, -0.2) is 9.79 Å². The van der Waals surface area contributed by atoms with Gasteiger partial charge in [-0.1, -0.05) is 29.5 Å². The first kappa shape index (κ1) is 24.3. The molecule has 9 heteroatoms. The van der Waals surface area contributed by atoms with Gasteiger partial charge in [-0.2, -0.15) is 0 Å². The predicted octanol–water partition coefficient (Wildman–Crippen LogP) is 2.82. The Morgan fingerprint density at radius 3 is 2.51 bits per heavy atom. The SMILES string of the molecule is CCOC(=O)C1=C(C)N=c2sc(=Cc3ccc(OC)cc3OC)c(=O)n2C1c1ccccc1OC. The van der Waals surface area contributed by atoms with E-state index in [9.17, 15) is 9.59 Å². The van der Waals surface area contributed by atoms with Crippen molar-refractivity contribution >= 4 is 23.4 Å². The maximum atomic E-state index is 13.8. The fourth-order valence-corrected chi connectivity index (χ4v) is 5.09. The maximum absolute atomic E-state index is 13.8. The van der Waals surface area contributed by atoms with Crippen molar-refractivity contribution in [3.63, 3.8) is 0 Å². The summed E-state index contributed by atoms with van der Waals surface area (Å²) < 4.78 is 23.7. The fraction of sp³-hybridized carbons (Fsp3) is 0.269. The van der Waals surface area contributed by atoms with Crippen LogP contribution in [-0.4, -0.2) is 38.5 Å². The lowest BCUT2D eigenvalue weighted by Crippen LogP contribution is -2.40. The molecule has 0 bridgehead atoms. The van der Waals surface area contributed by atoms with Gasteiger partial charge in [-0.15, -0.1) is 0 Å². The number of carbonyl (C=O) groups excluding carboxylic acids is 1. The molecule has 0 saturated carbocycles. The molecule has 182 valence electrons. The van der Waals surface area contributed by atoms with Crippen LogP contribution in [0.3, 0.4) is 0 Å². The minimum absolute atomic E-state index is 0.204. The second-order valence-corrected chi connectivity index (χ2v) is 8.66. The van der Waals surface area contributed by atoms with Crippen LogP contribution in [0.1, 0.15) is 31.0 Å². The number of aromatic nitrogens is 1. The summed E-state index contributed by atoms with van der Waals surface area (Å²) >= 11 is 1.24. The zero-order chi connectivity index (χ0) is 25.1. The van der Waals surface area contributed by atoms with E-state index < -0.39 is 12.0 Å². The van der Waals surface area contributed by atoms with E-state index >= 15 is 0 Å². The number of ether oxygens (including phenoxy) is 4. The summed E-state index contributed by atoms with van der Waals surface area (Å²) in [6.07, 6.45) is 1.75. The van der Waals surface area contributed by atoms with Gasteiger partial charge < -0.3 is 18.9 Å². The molecule has 2 aromatic carbocycles. The first-order valence-corrected chi connectivity index (χ1v) is 11.8. The topological polar surface area (TPSA) is 88.4 Å². The predicted molar refractivity (Wildman–Crippen MR) is 133 cm³/mol. The molecule has 2 heterocycles. The Labute approximate surface area is 206 Å². The standard InChI is InChI=1S/C26H26N2O6S/c1-6-34-25(30)22-15(2)27-26-28(23(22)18-9-7-8-10-19(18)32-4)24(29)21(35-26)13-16-11-12-17(31-3)14-20(16)33-5/h7-14,23H,6H2,1-5H3. The van der Waals surface area contributed by atoms with Crippen molar-refractivity contribution in [2.24, 2.45) is 4.99 Å². The van der Waals surface area contributed by atoms with Crippen molar-refractivity contribution in [3.8, 4) is 17.2 Å². The van der Waals surface area contributed by atoms with Crippen LogP contribution in [0.15, 0.2) is 63.5 Å². The molecule has 0 fully saturated rings. The van der Waals surface area contributed by atoms with Gasteiger partial charge in [0, 0.05) is 17.2 Å². The van der Waals surface area contributed by atoms with E-state index in [0.29, 0.717) is 49.0 Å². The number of para-hydroxylation sites is 1. The molecular weight excluding hydrogens is 468 g/mol. The van der Waals surface area contributed by atoms with Crippen LogP contribution in [0.25, 0.3) is 6.08 Å². The number of thiazole rings is 1. The van der Waals surface area contributed by atoms with Gasteiger partial charge in [0.1, 0.15) is 23.3 Å². The van der Waals surface area contributed by atoms with Crippen molar-refractivity contribution < 1.29 is 23.7 Å². The average molecular weight is 495 g/mol. The Balaban J connectivity index is 1.98. The van der Waals surface area contributed by atoms with Crippen molar-refractivity contribution in [2.45, 2.75) is 19.9 Å². The summed E-state index contributed by atoms with van der Waals surface area (Å²) in [6, 6.07) is 11.9. The molecule has 1 unspecified atom stereocenters. The van der Waals surface area contributed by atoms with Gasteiger partial charge >= 0.3 is 5.97 Å². The van der Waals surface area contributed by atoms with E-state index in [1.807, 2.05) is 24.3 Å². The lowest BCUT2D eigenvalue weighted by molar-refractivity contribution is -0.139. The Hall–Kier alpha value is -3.85. The highest BCUT2D eigenvalue weighted by molar-refractivity contribution is 7.07. The number of fused-ring (bicyclic) bond motifs is 1.